The quantitative estimate of drug-likeness (QED) is 0.824. The van der Waals surface area contributed by atoms with Crippen LogP contribution in [-0.2, 0) is 6.42 Å². The maximum atomic E-state index is 13.5. The van der Waals surface area contributed by atoms with Crippen LogP contribution in [0.15, 0.2) is 36.4 Å². The molecular weight excluding hydrogens is 295 g/mol. The highest BCUT2D eigenvalue weighted by molar-refractivity contribution is 5.92. The van der Waals surface area contributed by atoms with Gasteiger partial charge >= 0.3 is 0 Å². The fourth-order valence-corrected chi connectivity index (χ4v) is 1.99. The van der Waals surface area contributed by atoms with E-state index in [-0.39, 0.29) is 17.4 Å². The lowest BCUT2D eigenvalue weighted by molar-refractivity contribution is 0.0948. The van der Waals surface area contributed by atoms with Crippen molar-refractivity contribution in [3.8, 4) is 0 Å². The predicted molar refractivity (Wildman–Crippen MR) is 87.8 cm³/mol. The first-order chi connectivity index (χ1) is 11.1. The van der Waals surface area contributed by atoms with Crippen molar-refractivity contribution in [2.24, 2.45) is 0 Å². The molecule has 6 heteroatoms. The second kappa shape index (κ2) is 8.22. The van der Waals surface area contributed by atoms with Crippen molar-refractivity contribution in [2.75, 3.05) is 11.9 Å². The molecule has 2 N–H and O–H groups in total. The third kappa shape index (κ3) is 5.02. The molecule has 1 atom stereocenters. The molecule has 0 saturated carbocycles. The number of carbonyl (C=O) groups is 1. The Hall–Kier alpha value is -2.50. The molecule has 1 amide bonds. The monoisotopic (exact) mass is 316 g/mol. The molecule has 122 valence electrons. The highest BCUT2D eigenvalue weighted by Crippen LogP contribution is 2.07. The van der Waals surface area contributed by atoms with Crippen molar-refractivity contribution >= 4 is 11.7 Å². The molecule has 0 radical (unpaired) electrons. The zero-order chi connectivity index (χ0) is 16.7. The van der Waals surface area contributed by atoms with Gasteiger partial charge in [0.1, 0.15) is 11.6 Å². The molecule has 0 aliphatic carbocycles. The van der Waals surface area contributed by atoms with E-state index >= 15 is 0 Å². The number of anilines is 1. The summed E-state index contributed by atoms with van der Waals surface area (Å²) in [7, 11) is 0. The summed E-state index contributed by atoms with van der Waals surface area (Å²) in [6.07, 6.45) is 1.40. The molecule has 0 aliphatic rings. The Labute approximate surface area is 135 Å². The molecular formula is C17H21FN4O. The number of nitrogens with one attached hydrogen (secondary N) is 2. The predicted octanol–water partition coefficient (Wildman–Crippen LogP) is 2.80. The Balaban J connectivity index is 1.85. The first kappa shape index (κ1) is 16.9. The van der Waals surface area contributed by atoms with Crippen LogP contribution in [0.4, 0.5) is 10.2 Å². The summed E-state index contributed by atoms with van der Waals surface area (Å²) < 4.78 is 13.5. The number of carbonyl (C=O) groups excluding carboxylic acids is 1. The van der Waals surface area contributed by atoms with Crippen LogP contribution in [0.3, 0.4) is 0 Å². The van der Waals surface area contributed by atoms with E-state index in [0.29, 0.717) is 30.4 Å². The highest BCUT2D eigenvalue weighted by atomic mass is 19.1. The minimum absolute atomic E-state index is 0.244. The Morgan fingerprint density at radius 1 is 1.22 bits per heavy atom. The van der Waals surface area contributed by atoms with Crippen molar-refractivity contribution in [3.05, 3.63) is 53.5 Å². The van der Waals surface area contributed by atoms with E-state index in [4.69, 9.17) is 0 Å². The van der Waals surface area contributed by atoms with E-state index in [1.165, 1.54) is 6.07 Å². The summed E-state index contributed by atoms with van der Waals surface area (Å²) in [4.78, 5) is 12.0. The number of rotatable bonds is 7. The largest absolute Gasteiger partial charge is 0.366 e. The molecule has 2 rings (SSSR count). The minimum atomic E-state index is -0.316. The number of amides is 1. The molecule has 2 aromatic rings. The molecule has 0 spiro atoms. The summed E-state index contributed by atoms with van der Waals surface area (Å²) in [5.74, 6) is 0.0631. The molecule has 23 heavy (non-hydrogen) atoms. The number of hydrogen-bond acceptors (Lipinski definition) is 4. The molecule has 0 aliphatic heterocycles. The van der Waals surface area contributed by atoms with Gasteiger partial charge in [0.2, 0.25) is 0 Å². The van der Waals surface area contributed by atoms with Gasteiger partial charge in [-0.05, 0) is 43.5 Å². The Morgan fingerprint density at radius 3 is 2.65 bits per heavy atom. The van der Waals surface area contributed by atoms with Crippen LogP contribution in [0, 0.1) is 5.82 Å². The van der Waals surface area contributed by atoms with E-state index < -0.39 is 0 Å². The number of hydrogen-bond donors (Lipinski definition) is 2. The lowest BCUT2D eigenvalue weighted by Gasteiger charge is -2.11. The van der Waals surface area contributed by atoms with Crippen molar-refractivity contribution in [3.63, 3.8) is 0 Å². The Bertz CT molecular complexity index is 645. The first-order valence-electron chi connectivity index (χ1n) is 7.72. The van der Waals surface area contributed by atoms with Crippen LogP contribution in [0.25, 0.3) is 0 Å². The van der Waals surface area contributed by atoms with Crippen LogP contribution in [0.1, 0.15) is 36.3 Å². The number of halogens is 1. The lowest BCUT2D eigenvalue weighted by Crippen LogP contribution is -2.27. The maximum Gasteiger partial charge on any atom is 0.271 e. The summed E-state index contributed by atoms with van der Waals surface area (Å²) in [5.41, 5.74) is 0.820. The van der Waals surface area contributed by atoms with Crippen LogP contribution in [-0.4, -0.2) is 28.7 Å². The van der Waals surface area contributed by atoms with Gasteiger partial charge in [-0.2, -0.15) is 0 Å². The lowest BCUT2D eigenvalue weighted by atomic mass is 10.1. The van der Waals surface area contributed by atoms with Gasteiger partial charge in [0.15, 0.2) is 5.69 Å². The normalized spacial score (nSPS) is 11.8. The summed E-state index contributed by atoms with van der Waals surface area (Å²) in [5, 5.41) is 13.8. The third-order valence-electron chi connectivity index (χ3n) is 3.54. The van der Waals surface area contributed by atoms with Gasteiger partial charge in [0.05, 0.1) is 0 Å². The van der Waals surface area contributed by atoms with E-state index in [0.717, 1.165) is 6.42 Å². The molecule has 0 bridgehead atoms. The number of nitrogens with zero attached hydrogens (tertiary/aromatic N) is 2. The molecule has 0 fully saturated rings. The SMILES string of the molecule is CCC(C)Nc1ccc(C(=O)NCCc2ccccc2F)nn1. The Morgan fingerprint density at radius 2 is 2.00 bits per heavy atom. The number of aromatic nitrogens is 2. The summed E-state index contributed by atoms with van der Waals surface area (Å²) in [6.45, 7) is 4.46. The van der Waals surface area contributed by atoms with Crippen LogP contribution >= 0.6 is 0 Å². The molecule has 1 unspecified atom stereocenters. The van der Waals surface area contributed by atoms with Crippen LogP contribution in [0.5, 0.6) is 0 Å². The molecule has 1 aromatic heterocycles. The van der Waals surface area contributed by atoms with Crippen LogP contribution in [0.2, 0.25) is 0 Å². The zero-order valence-corrected chi connectivity index (χ0v) is 13.3. The second-order valence-corrected chi connectivity index (χ2v) is 5.35. The van der Waals surface area contributed by atoms with Gasteiger partial charge in [-0.15, -0.1) is 10.2 Å². The average Bonchev–Trinajstić information content (AvgIpc) is 2.57. The zero-order valence-electron chi connectivity index (χ0n) is 13.3. The average molecular weight is 316 g/mol. The van der Waals surface area contributed by atoms with Crippen molar-refractivity contribution in [1.29, 1.82) is 0 Å². The van der Waals surface area contributed by atoms with E-state index in [9.17, 15) is 9.18 Å². The molecule has 1 aromatic carbocycles. The summed E-state index contributed by atoms with van der Waals surface area (Å²) >= 11 is 0. The van der Waals surface area contributed by atoms with Gasteiger partial charge in [-0.1, -0.05) is 25.1 Å². The van der Waals surface area contributed by atoms with Gasteiger partial charge in [-0.25, -0.2) is 4.39 Å². The second-order valence-electron chi connectivity index (χ2n) is 5.35. The van der Waals surface area contributed by atoms with Gasteiger partial charge in [0.25, 0.3) is 5.91 Å². The fraction of sp³-hybridized carbons (Fsp3) is 0.353. The molecule has 0 saturated heterocycles. The van der Waals surface area contributed by atoms with E-state index in [2.05, 4.69) is 27.8 Å². The van der Waals surface area contributed by atoms with E-state index in [1.54, 1.807) is 30.3 Å². The highest BCUT2D eigenvalue weighted by Gasteiger charge is 2.09. The van der Waals surface area contributed by atoms with Crippen LogP contribution < -0.4 is 10.6 Å². The molecule has 5 nitrogen and oxygen atoms in total. The van der Waals surface area contributed by atoms with Crippen molar-refractivity contribution in [1.82, 2.24) is 15.5 Å². The standard InChI is InChI=1S/C17H21FN4O/c1-3-12(2)20-16-9-8-15(21-22-16)17(23)19-11-10-13-6-4-5-7-14(13)18/h4-9,12H,3,10-11H2,1-2H3,(H,19,23)(H,20,22). The van der Waals surface area contributed by atoms with Gasteiger partial charge in [0, 0.05) is 12.6 Å². The molecule has 1 heterocycles. The first-order valence-corrected chi connectivity index (χ1v) is 7.72. The number of benzene rings is 1. The van der Waals surface area contributed by atoms with E-state index in [1.807, 2.05) is 6.92 Å². The maximum absolute atomic E-state index is 13.5. The van der Waals surface area contributed by atoms with Gasteiger partial charge in [-0.3, -0.25) is 4.79 Å². The fourth-order valence-electron chi connectivity index (χ4n) is 1.99. The van der Waals surface area contributed by atoms with Gasteiger partial charge < -0.3 is 10.6 Å². The summed E-state index contributed by atoms with van der Waals surface area (Å²) in [6, 6.07) is 10.2. The smallest absolute Gasteiger partial charge is 0.271 e. The topological polar surface area (TPSA) is 66.9 Å². The van der Waals surface area contributed by atoms with Crippen molar-refractivity contribution < 1.29 is 9.18 Å². The van der Waals surface area contributed by atoms with Crippen molar-refractivity contribution in [2.45, 2.75) is 32.7 Å². The third-order valence-corrected chi connectivity index (χ3v) is 3.54. The Kier molecular flexibility index (Phi) is 6.02. The minimum Gasteiger partial charge on any atom is -0.366 e.